The minimum absolute atomic E-state index is 0.233. The highest BCUT2D eigenvalue weighted by atomic mass is 15.1. The summed E-state index contributed by atoms with van der Waals surface area (Å²) in [5.74, 6) is 0.991. The Kier molecular flexibility index (Phi) is 7.05. The lowest BCUT2D eigenvalue weighted by atomic mass is 9.93. The highest BCUT2D eigenvalue weighted by Crippen LogP contribution is 2.33. The van der Waals surface area contributed by atoms with Gasteiger partial charge in [-0.25, -0.2) is 4.99 Å². The van der Waals surface area contributed by atoms with E-state index in [1.807, 2.05) is 73.6 Å². The molecule has 0 heterocycles. The van der Waals surface area contributed by atoms with Gasteiger partial charge in [-0.2, -0.15) is 0 Å². The Balaban J connectivity index is 1.57. The number of nitrogens with one attached hydrogen (secondary N) is 1. The van der Waals surface area contributed by atoms with Crippen LogP contribution >= 0.6 is 0 Å². The first-order valence-electron chi connectivity index (χ1n) is 12.4. The molecule has 0 aliphatic heterocycles. The Labute approximate surface area is 218 Å². The lowest BCUT2D eigenvalue weighted by Crippen LogP contribution is -2.24. The van der Waals surface area contributed by atoms with Crippen molar-refractivity contribution in [2.75, 3.05) is 14.1 Å². The minimum atomic E-state index is 0.233. The lowest BCUT2D eigenvalue weighted by molar-refractivity contribution is 0.625. The van der Waals surface area contributed by atoms with Gasteiger partial charge in [-0.1, -0.05) is 109 Å². The van der Waals surface area contributed by atoms with Crippen molar-refractivity contribution in [2.45, 2.75) is 0 Å². The molecule has 5 aromatic carbocycles. The Morgan fingerprint density at radius 1 is 0.486 bits per heavy atom. The molecule has 0 aliphatic rings. The number of hydrogen-bond donors (Lipinski definition) is 1. The summed E-state index contributed by atoms with van der Waals surface area (Å²) < 4.78 is 0. The highest BCUT2D eigenvalue weighted by molar-refractivity contribution is 6.10. The maximum absolute atomic E-state index is 8.80. The molecule has 180 valence electrons. The molecule has 0 bridgehead atoms. The van der Waals surface area contributed by atoms with E-state index in [-0.39, 0.29) is 5.84 Å². The molecule has 3 nitrogen and oxygen atoms in total. The molecule has 5 rings (SSSR count). The summed E-state index contributed by atoms with van der Waals surface area (Å²) in [6.07, 6.45) is 0. The van der Waals surface area contributed by atoms with Gasteiger partial charge in [0.15, 0.2) is 5.84 Å². The summed E-state index contributed by atoms with van der Waals surface area (Å²) in [7, 11) is 3.91. The molecule has 37 heavy (non-hydrogen) atoms. The first kappa shape index (κ1) is 24.0. The smallest absolute Gasteiger partial charge is 0.154 e. The molecule has 0 atom stereocenters. The third-order valence-corrected chi connectivity index (χ3v) is 6.29. The van der Waals surface area contributed by atoms with Crippen LogP contribution in [-0.4, -0.2) is 30.7 Å². The largest absolute Gasteiger partial charge is 0.362 e. The van der Waals surface area contributed by atoms with Crippen LogP contribution in [0.4, 0.5) is 0 Å². The Morgan fingerprint density at radius 2 is 0.919 bits per heavy atom. The standard InChI is InChI=1S/C34H29N3/c1-37(2)34(27-17-10-5-11-18-27)36-33(35)29-20-12-19-28(21-29)32-23-30(25-13-6-3-7-14-25)22-31(24-32)26-15-8-4-9-16-26/h3-24,35H,1-2H3/b35-33?,36-34-. The second-order valence-electron chi connectivity index (χ2n) is 9.16. The molecular weight excluding hydrogens is 450 g/mol. The van der Waals surface area contributed by atoms with Crippen molar-refractivity contribution in [2.24, 2.45) is 4.99 Å². The normalized spacial score (nSPS) is 11.2. The average molecular weight is 480 g/mol. The van der Waals surface area contributed by atoms with Gasteiger partial charge in [-0.15, -0.1) is 0 Å². The van der Waals surface area contributed by atoms with Crippen LogP contribution in [0.15, 0.2) is 138 Å². The molecule has 0 aromatic heterocycles. The van der Waals surface area contributed by atoms with Gasteiger partial charge < -0.3 is 4.90 Å². The monoisotopic (exact) mass is 479 g/mol. The fourth-order valence-corrected chi connectivity index (χ4v) is 4.42. The molecule has 3 heteroatoms. The number of nitrogens with zero attached hydrogens (tertiary/aromatic N) is 2. The number of amidine groups is 2. The number of hydrogen-bond acceptors (Lipinski definition) is 1. The van der Waals surface area contributed by atoms with Crippen molar-refractivity contribution in [3.8, 4) is 33.4 Å². The molecular formula is C34H29N3. The summed E-state index contributed by atoms with van der Waals surface area (Å²) in [5.41, 5.74) is 8.59. The Morgan fingerprint density at radius 3 is 1.43 bits per heavy atom. The molecule has 0 aliphatic carbocycles. The summed E-state index contributed by atoms with van der Waals surface area (Å²) in [6, 6.07) is 45.7. The SMILES string of the molecule is CN(C)/C(=N\C(=N)c1cccc(-c2cc(-c3ccccc3)cc(-c3ccccc3)c2)c1)c1ccccc1. The average Bonchev–Trinajstić information content (AvgIpc) is 2.97. The maximum atomic E-state index is 8.80. The molecule has 0 radical (unpaired) electrons. The summed E-state index contributed by atoms with van der Waals surface area (Å²) in [6.45, 7) is 0. The van der Waals surface area contributed by atoms with E-state index in [0.717, 1.165) is 39.2 Å². The molecule has 1 N–H and O–H groups in total. The fraction of sp³-hybridized carbons (Fsp3) is 0.0588. The van der Waals surface area contributed by atoms with Crippen LogP contribution in [0.3, 0.4) is 0 Å². The van der Waals surface area contributed by atoms with E-state index in [0.29, 0.717) is 0 Å². The van der Waals surface area contributed by atoms with Crippen LogP contribution in [0.25, 0.3) is 33.4 Å². The van der Waals surface area contributed by atoms with E-state index in [4.69, 9.17) is 10.4 Å². The lowest BCUT2D eigenvalue weighted by Gasteiger charge is -2.16. The zero-order valence-electron chi connectivity index (χ0n) is 21.1. The van der Waals surface area contributed by atoms with Gasteiger partial charge in [-0.05, 0) is 57.6 Å². The summed E-state index contributed by atoms with van der Waals surface area (Å²) in [4.78, 5) is 6.66. The zero-order valence-corrected chi connectivity index (χ0v) is 21.1. The molecule has 0 fully saturated rings. The van der Waals surface area contributed by atoms with Crippen LogP contribution in [0, 0.1) is 5.41 Å². The molecule has 0 saturated heterocycles. The topological polar surface area (TPSA) is 39.5 Å². The molecule has 0 amide bonds. The van der Waals surface area contributed by atoms with Crippen molar-refractivity contribution >= 4 is 11.7 Å². The van der Waals surface area contributed by atoms with Gasteiger partial charge >= 0.3 is 0 Å². The van der Waals surface area contributed by atoms with Gasteiger partial charge in [0.25, 0.3) is 0 Å². The Hall–Kier alpha value is -4.76. The van der Waals surface area contributed by atoms with E-state index in [1.165, 1.54) is 11.1 Å². The highest BCUT2D eigenvalue weighted by Gasteiger charge is 2.11. The van der Waals surface area contributed by atoms with Gasteiger partial charge in [0.1, 0.15) is 5.84 Å². The van der Waals surface area contributed by atoms with E-state index in [9.17, 15) is 0 Å². The van der Waals surface area contributed by atoms with Crippen molar-refractivity contribution in [3.05, 3.63) is 145 Å². The van der Waals surface area contributed by atoms with Crippen LogP contribution in [-0.2, 0) is 0 Å². The van der Waals surface area contributed by atoms with Gasteiger partial charge in [0, 0.05) is 25.2 Å². The Bertz CT molecular complexity index is 1480. The van der Waals surface area contributed by atoms with Gasteiger partial charge in [0.05, 0.1) is 0 Å². The fourth-order valence-electron chi connectivity index (χ4n) is 4.42. The predicted molar refractivity (Wildman–Crippen MR) is 156 cm³/mol. The first-order chi connectivity index (χ1) is 18.1. The van der Waals surface area contributed by atoms with Crippen molar-refractivity contribution in [1.29, 1.82) is 5.41 Å². The van der Waals surface area contributed by atoms with Crippen molar-refractivity contribution in [1.82, 2.24) is 4.90 Å². The molecule has 0 spiro atoms. The van der Waals surface area contributed by atoms with Gasteiger partial charge in [-0.3, -0.25) is 5.41 Å². The van der Waals surface area contributed by atoms with Gasteiger partial charge in [0.2, 0.25) is 0 Å². The number of rotatable bonds is 5. The molecule has 0 saturated carbocycles. The third-order valence-electron chi connectivity index (χ3n) is 6.29. The van der Waals surface area contributed by atoms with E-state index in [1.54, 1.807) is 0 Å². The van der Waals surface area contributed by atoms with Crippen LogP contribution in [0.2, 0.25) is 0 Å². The predicted octanol–water partition coefficient (Wildman–Crippen LogP) is 8.02. The minimum Gasteiger partial charge on any atom is -0.362 e. The van der Waals surface area contributed by atoms with Crippen molar-refractivity contribution in [3.63, 3.8) is 0 Å². The first-order valence-corrected chi connectivity index (χ1v) is 12.4. The summed E-state index contributed by atoms with van der Waals surface area (Å²) >= 11 is 0. The van der Waals surface area contributed by atoms with Crippen LogP contribution < -0.4 is 0 Å². The second kappa shape index (κ2) is 10.9. The van der Waals surface area contributed by atoms with Crippen LogP contribution in [0.5, 0.6) is 0 Å². The molecule has 0 unspecified atom stereocenters. The number of aliphatic imine (C=N–C) groups is 1. The molecule has 5 aromatic rings. The maximum Gasteiger partial charge on any atom is 0.154 e. The van der Waals surface area contributed by atoms with Crippen LogP contribution in [0.1, 0.15) is 11.1 Å². The summed E-state index contributed by atoms with van der Waals surface area (Å²) in [5, 5.41) is 8.80. The van der Waals surface area contributed by atoms with E-state index < -0.39 is 0 Å². The second-order valence-corrected chi connectivity index (χ2v) is 9.16. The number of benzene rings is 5. The van der Waals surface area contributed by atoms with E-state index in [2.05, 4.69) is 78.9 Å². The zero-order chi connectivity index (χ0) is 25.6. The van der Waals surface area contributed by atoms with E-state index >= 15 is 0 Å². The quantitative estimate of drug-likeness (QED) is 0.201. The van der Waals surface area contributed by atoms with Crippen molar-refractivity contribution < 1.29 is 0 Å². The third kappa shape index (κ3) is 5.57.